The van der Waals surface area contributed by atoms with Crippen molar-refractivity contribution in [2.45, 2.75) is 25.7 Å². The molecule has 2 saturated heterocycles. The summed E-state index contributed by atoms with van der Waals surface area (Å²) >= 11 is 6.16. The van der Waals surface area contributed by atoms with Gasteiger partial charge >= 0.3 is 0 Å². The van der Waals surface area contributed by atoms with E-state index in [1.165, 1.54) is 17.0 Å². The summed E-state index contributed by atoms with van der Waals surface area (Å²) in [5.74, 6) is -4.46. The number of fused-ring (bicyclic) bond motifs is 5. The second-order valence-corrected chi connectivity index (χ2v) is 15.9. The molecule has 4 amide bonds. The fourth-order valence-electron chi connectivity index (χ4n) is 9.93. The number of methoxy groups -OCH3 is 2. The van der Waals surface area contributed by atoms with E-state index in [1.807, 2.05) is 66.8 Å². The van der Waals surface area contributed by atoms with Gasteiger partial charge < -0.3 is 14.6 Å². The lowest BCUT2D eigenvalue weighted by molar-refractivity contribution is -0.131. The number of benzene rings is 5. The van der Waals surface area contributed by atoms with Crippen molar-refractivity contribution >= 4 is 69.5 Å². The number of nitrogens with zero attached hydrogens (tertiary/aromatic N) is 2. The Morgan fingerprint density at radius 3 is 2.26 bits per heavy atom. The van der Waals surface area contributed by atoms with Crippen LogP contribution in [0.2, 0.25) is 5.02 Å². The van der Waals surface area contributed by atoms with Gasteiger partial charge in [-0.1, -0.05) is 77.9 Å². The molecule has 9 nitrogen and oxygen atoms in total. The number of anilines is 2. The molecule has 0 spiro atoms. The highest BCUT2D eigenvalue weighted by Gasteiger charge is 2.67. The van der Waals surface area contributed by atoms with Crippen LogP contribution in [0.4, 0.5) is 15.8 Å². The Morgan fingerprint density at radius 1 is 0.793 bits per heavy atom. The van der Waals surface area contributed by atoms with Crippen LogP contribution in [0.5, 0.6) is 17.2 Å². The molecule has 292 valence electrons. The van der Waals surface area contributed by atoms with Crippen LogP contribution in [0.15, 0.2) is 109 Å². The molecule has 0 bridgehead atoms. The molecule has 0 unspecified atom stereocenters. The van der Waals surface area contributed by atoms with Crippen molar-refractivity contribution in [1.82, 2.24) is 0 Å². The first kappa shape index (κ1) is 37.3. The number of aromatic hydroxyl groups is 1. The third-order valence-electron chi connectivity index (χ3n) is 12.7. The Bertz CT molecular complexity index is 2640. The number of phenols is 1. The van der Waals surface area contributed by atoms with Crippen LogP contribution in [0, 0.1) is 34.9 Å². The number of halogens is 2. The van der Waals surface area contributed by atoms with Gasteiger partial charge in [-0.25, -0.2) is 9.29 Å². The number of phenolic OH excluding ortho intramolecular Hbond substituents is 1. The van der Waals surface area contributed by atoms with Crippen molar-refractivity contribution in [3.8, 4) is 17.2 Å². The van der Waals surface area contributed by atoms with Crippen LogP contribution in [0.3, 0.4) is 0 Å². The zero-order valence-corrected chi connectivity index (χ0v) is 32.6. The summed E-state index contributed by atoms with van der Waals surface area (Å²) in [5.41, 5.74) is 2.44. The molecule has 11 heteroatoms. The van der Waals surface area contributed by atoms with E-state index in [9.17, 15) is 28.7 Å². The monoisotopic (exact) mass is 796 g/mol. The maximum absolute atomic E-state index is 14.9. The Kier molecular flexibility index (Phi) is 9.00. The average Bonchev–Trinajstić information content (AvgIpc) is 3.61. The van der Waals surface area contributed by atoms with Crippen LogP contribution in [0.25, 0.3) is 22.9 Å². The Labute approximate surface area is 338 Å². The standard InChI is InChI=1S/C47H38ClFN2O7/c1-47-36(44(54)51(46(47)56)28-14-19-38(49)37(48)23-28)24-35-33(42(47)32-18-20-39(52)31-7-5-4-6-30(31)32)16-17-34-41(35)45(55)50(43(34)53)27-12-9-25(10-13-27)8-11-26-22-29(57-2)15-21-40(26)58-3/h4-16,18-23,34-36,41-42,52H,17,24H2,1-3H3/t34-,35+,36-,41-,42-,47+/m0/s1. The molecule has 2 aliphatic heterocycles. The third-order valence-corrected chi connectivity index (χ3v) is 13.0. The largest absolute Gasteiger partial charge is 0.507 e. The van der Waals surface area contributed by atoms with Crippen molar-refractivity contribution < 1.29 is 38.1 Å². The molecular formula is C47H38ClFN2O7. The lowest BCUT2D eigenvalue weighted by Gasteiger charge is -2.49. The fourth-order valence-corrected chi connectivity index (χ4v) is 10.1. The van der Waals surface area contributed by atoms with Crippen LogP contribution < -0.4 is 19.3 Å². The van der Waals surface area contributed by atoms with Crippen LogP contribution >= 0.6 is 11.6 Å². The lowest BCUT2D eigenvalue weighted by atomic mass is 9.51. The van der Waals surface area contributed by atoms with Crippen molar-refractivity contribution in [2.75, 3.05) is 24.0 Å². The number of imide groups is 2. The van der Waals surface area contributed by atoms with E-state index in [1.54, 1.807) is 51.5 Å². The smallest absolute Gasteiger partial charge is 0.241 e. The van der Waals surface area contributed by atoms with Crippen LogP contribution in [-0.4, -0.2) is 43.0 Å². The van der Waals surface area contributed by atoms with E-state index in [4.69, 9.17) is 21.1 Å². The molecule has 4 aliphatic rings. The molecular weight excluding hydrogens is 759 g/mol. The first-order valence-corrected chi connectivity index (χ1v) is 19.5. The molecule has 0 radical (unpaired) electrons. The highest BCUT2D eigenvalue weighted by Crippen LogP contribution is 2.64. The molecule has 58 heavy (non-hydrogen) atoms. The summed E-state index contributed by atoms with van der Waals surface area (Å²) in [6, 6.07) is 27.1. The molecule has 2 aliphatic carbocycles. The van der Waals surface area contributed by atoms with Gasteiger partial charge in [-0.3, -0.25) is 24.1 Å². The van der Waals surface area contributed by atoms with Gasteiger partial charge in [-0.15, -0.1) is 0 Å². The summed E-state index contributed by atoms with van der Waals surface area (Å²) < 4.78 is 25.2. The number of carbonyl (C=O) groups is 4. The van der Waals surface area contributed by atoms with Gasteiger partial charge in [-0.05, 0) is 96.8 Å². The van der Waals surface area contributed by atoms with E-state index < -0.39 is 52.6 Å². The SMILES string of the molecule is COc1ccc(OC)c(C=Cc2ccc(N3C(=O)[C@H]4[C@H](CC=C5[C@H]4C[C@H]4C(=O)N(c6ccc(F)c(Cl)c6)C(=O)[C@@]4(C)[C@H]5c4ccc(O)c5ccccc45)C3=O)cc2)c1. The normalized spacial score (nSPS) is 25.3. The van der Waals surface area contributed by atoms with Crippen molar-refractivity contribution in [2.24, 2.45) is 29.1 Å². The predicted octanol–water partition coefficient (Wildman–Crippen LogP) is 8.96. The van der Waals surface area contributed by atoms with Gasteiger partial charge in [0.15, 0.2) is 0 Å². The molecule has 1 saturated carbocycles. The minimum atomic E-state index is -1.34. The summed E-state index contributed by atoms with van der Waals surface area (Å²) in [5, 5.41) is 11.9. The topological polar surface area (TPSA) is 113 Å². The van der Waals surface area contributed by atoms with Crippen molar-refractivity contribution in [1.29, 1.82) is 0 Å². The third kappa shape index (κ3) is 5.56. The summed E-state index contributed by atoms with van der Waals surface area (Å²) in [6.07, 6.45) is 6.21. The maximum atomic E-state index is 14.9. The van der Waals surface area contributed by atoms with Gasteiger partial charge in [-0.2, -0.15) is 0 Å². The number of rotatable bonds is 7. The van der Waals surface area contributed by atoms with Gasteiger partial charge in [0.25, 0.3) is 0 Å². The number of carbonyl (C=O) groups excluding carboxylic acids is 4. The Hall–Kier alpha value is -6.26. The highest BCUT2D eigenvalue weighted by molar-refractivity contribution is 6.32. The molecule has 0 aromatic heterocycles. The minimum absolute atomic E-state index is 0.0660. The van der Waals surface area contributed by atoms with E-state index in [2.05, 4.69) is 0 Å². The molecule has 9 rings (SSSR count). The summed E-state index contributed by atoms with van der Waals surface area (Å²) in [4.78, 5) is 60.8. The van der Waals surface area contributed by atoms with E-state index >= 15 is 0 Å². The summed E-state index contributed by atoms with van der Waals surface area (Å²) in [7, 11) is 3.19. The lowest BCUT2D eigenvalue weighted by Crippen LogP contribution is -2.49. The van der Waals surface area contributed by atoms with Gasteiger partial charge in [0.1, 0.15) is 23.1 Å². The zero-order chi connectivity index (χ0) is 40.6. The minimum Gasteiger partial charge on any atom is -0.507 e. The molecule has 6 atom stereocenters. The Morgan fingerprint density at radius 2 is 1.53 bits per heavy atom. The average molecular weight is 797 g/mol. The number of amides is 4. The molecule has 5 aromatic carbocycles. The number of ether oxygens (including phenoxy) is 2. The number of hydrogen-bond acceptors (Lipinski definition) is 7. The van der Waals surface area contributed by atoms with Gasteiger partial charge in [0, 0.05) is 16.9 Å². The fraction of sp³-hybridized carbons (Fsp3) is 0.234. The maximum Gasteiger partial charge on any atom is 0.241 e. The van der Waals surface area contributed by atoms with Gasteiger partial charge in [0.2, 0.25) is 23.6 Å². The van der Waals surface area contributed by atoms with Crippen molar-refractivity contribution in [3.05, 3.63) is 136 Å². The molecule has 3 fully saturated rings. The second-order valence-electron chi connectivity index (χ2n) is 15.5. The van der Waals surface area contributed by atoms with Gasteiger partial charge in [0.05, 0.1) is 53.8 Å². The van der Waals surface area contributed by atoms with Crippen LogP contribution in [-0.2, 0) is 19.2 Å². The molecule has 5 aromatic rings. The van der Waals surface area contributed by atoms with Crippen LogP contribution in [0.1, 0.15) is 42.4 Å². The summed E-state index contributed by atoms with van der Waals surface area (Å²) in [6.45, 7) is 1.78. The van der Waals surface area contributed by atoms with E-state index in [0.717, 1.165) is 33.2 Å². The van der Waals surface area contributed by atoms with E-state index in [-0.39, 0.29) is 41.1 Å². The Balaban J connectivity index is 1.09. The highest BCUT2D eigenvalue weighted by atomic mass is 35.5. The number of hydrogen-bond donors (Lipinski definition) is 1. The number of allylic oxidation sites excluding steroid dienone is 2. The molecule has 2 heterocycles. The second kappa shape index (κ2) is 14.0. The van der Waals surface area contributed by atoms with Crippen molar-refractivity contribution in [3.63, 3.8) is 0 Å². The quantitative estimate of drug-likeness (QED) is 0.0994. The van der Waals surface area contributed by atoms with E-state index in [0.29, 0.717) is 28.0 Å². The first-order chi connectivity index (χ1) is 28.0. The molecule has 1 N–H and O–H groups in total. The predicted molar refractivity (Wildman–Crippen MR) is 219 cm³/mol. The zero-order valence-electron chi connectivity index (χ0n) is 31.8. The first-order valence-electron chi connectivity index (χ1n) is 19.1.